The normalized spacial score (nSPS) is 12.4. The molecule has 0 spiro atoms. The first kappa shape index (κ1) is 70.1. The van der Waals surface area contributed by atoms with Crippen LogP contribution in [0.3, 0.4) is 0 Å². The molecule has 1 atom stereocenters. The van der Waals surface area contributed by atoms with Gasteiger partial charge in [0.1, 0.15) is 13.2 Å². The third kappa shape index (κ3) is 59.9. The lowest BCUT2D eigenvalue weighted by atomic mass is 10.0. The molecule has 0 saturated carbocycles. The van der Waals surface area contributed by atoms with Crippen LogP contribution >= 0.6 is 0 Å². The minimum Gasteiger partial charge on any atom is -0.462 e. The van der Waals surface area contributed by atoms with Crippen molar-refractivity contribution in [3.63, 3.8) is 0 Å². The Labute approximate surface area is 453 Å². The quantitative estimate of drug-likeness (QED) is 0.0261. The number of hydrogen-bond donors (Lipinski definition) is 0. The number of carbonyl (C=O) groups excluding carboxylic acids is 3. The average molecular weight is 1020 g/mol. The van der Waals surface area contributed by atoms with Crippen molar-refractivity contribution in [2.75, 3.05) is 13.2 Å². The van der Waals surface area contributed by atoms with Crippen molar-refractivity contribution in [1.82, 2.24) is 0 Å². The number of allylic oxidation sites excluding steroid dienone is 10. The van der Waals surface area contributed by atoms with Gasteiger partial charge >= 0.3 is 17.9 Å². The van der Waals surface area contributed by atoms with Crippen LogP contribution in [0.4, 0.5) is 0 Å². The molecule has 0 aliphatic heterocycles. The maximum atomic E-state index is 12.9. The van der Waals surface area contributed by atoms with E-state index in [1.807, 2.05) is 6.08 Å². The number of ether oxygens (including phenoxy) is 3. The molecule has 73 heavy (non-hydrogen) atoms. The van der Waals surface area contributed by atoms with Crippen molar-refractivity contribution < 1.29 is 28.6 Å². The average Bonchev–Trinajstić information content (AvgIpc) is 3.39. The van der Waals surface area contributed by atoms with E-state index in [-0.39, 0.29) is 37.5 Å². The third-order valence-corrected chi connectivity index (χ3v) is 14.0. The maximum Gasteiger partial charge on any atom is 0.306 e. The lowest BCUT2D eigenvalue weighted by Gasteiger charge is -2.18. The lowest BCUT2D eigenvalue weighted by molar-refractivity contribution is -0.166. The van der Waals surface area contributed by atoms with Crippen molar-refractivity contribution in [3.05, 3.63) is 60.8 Å². The molecular formula is C67H120O6. The molecule has 0 fully saturated rings. The summed E-state index contributed by atoms with van der Waals surface area (Å²) in [6.45, 7) is 6.50. The van der Waals surface area contributed by atoms with Crippen LogP contribution in [0.15, 0.2) is 60.8 Å². The molecule has 0 aromatic rings. The van der Waals surface area contributed by atoms with Crippen LogP contribution in [0, 0.1) is 0 Å². The zero-order valence-electron chi connectivity index (χ0n) is 48.7. The summed E-state index contributed by atoms with van der Waals surface area (Å²) in [5.74, 6) is -0.968. The Morgan fingerprint density at radius 1 is 0.288 bits per heavy atom. The first-order chi connectivity index (χ1) is 36.0. The standard InChI is InChI=1S/C67H120O6/c1-4-7-10-13-16-19-22-25-27-29-31-32-33-34-35-36-38-39-42-45-48-51-54-57-60-66(69)72-63-64(62-71-65(68)59-56-53-50-47-44-41-24-21-18-15-12-9-6-3)73-67(70)61-58-55-52-49-46-43-40-37-30-28-26-23-20-17-14-11-8-5-2/h9,12,18,21,28,30,41,44,50,53,64H,4-8,10-11,13-17,19-20,22-27,29,31-40,42-43,45-49,51-52,54-63H2,1-3H3/b12-9-,21-18-,30-28-,44-41-,53-50-. The minimum atomic E-state index is -0.804. The second kappa shape index (κ2) is 61.7. The third-order valence-electron chi connectivity index (χ3n) is 14.0. The Morgan fingerprint density at radius 2 is 0.562 bits per heavy atom. The Kier molecular flexibility index (Phi) is 59.2. The summed E-state index contributed by atoms with van der Waals surface area (Å²) in [4.78, 5) is 38.2. The Morgan fingerprint density at radius 3 is 0.918 bits per heavy atom. The zero-order valence-corrected chi connectivity index (χ0v) is 48.7. The van der Waals surface area contributed by atoms with Crippen molar-refractivity contribution in [3.8, 4) is 0 Å². The van der Waals surface area contributed by atoms with Crippen molar-refractivity contribution in [2.24, 2.45) is 0 Å². The second-order valence-electron chi connectivity index (χ2n) is 21.3. The van der Waals surface area contributed by atoms with E-state index < -0.39 is 6.10 Å². The van der Waals surface area contributed by atoms with Gasteiger partial charge in [-0.2, -0.15) is 0 Å². The molecule has 0 radical (unpaired) electrons. The zero-order chi connectivity index (χ0) is 52.9. The lowest BCUT2D eigenvalue weighted by Crippen LogP contribution is -2.30. The van der Waals surface area contributed by atoms with E-state index in [0.29, 0.717) is 19.3 Å². The van der Waals surface area contributed by atoms with Crippen LogP contribution < -0.4 is 0 Å². The van der Waals surface area contributed by atoms with Gasteiger partial charge in [-0.1, -0.05) is 300 Å². The molecule has 0 aliphatic rings. The predicted octanol–water partition coefficient (Wildman–Crippen LogP) is 21.6. The highest BCUT2D eigenvalue weighted by molar-refractivity contribution is 5.71. The molecule has 6 nitrogen and oxygen atoms in total. The van der Waals surface area contributed by atoms with Crippen molar-refractivity contribution >= 4 is 17.9 Å². The van der Waals surface area contributed by atoms with Crippen molar-refractivity contribution in [2.45, 2.75) is 335 Å². The molecule has 0 N–H and O–H groups in total. The van der Waals surface area contributed by atoms with Gasteiger partial charge in [-0.25, -0.2) is 0 Å². The fourth-order valence-corrected chi connectivity index (χ4v) is 9.28. The molecule has 0 aliphatic carbocycles. The van der Waals surface area contributed by atoms with Gasteiger partial charge in [0.2, 0.25) is 0 Å². The summed E-state index contributed by atoms with van der Waals surface area (Å²) in [5.41, 5.74) is 0. The van der Waals surface area contributed by atoms with E-state index in [2.05, 4.69) is 75.5 Å². The topological polar surface area (TPSA) is 78.9 Å². The fourth-order valence-electron chi connectivity index (χ4n) is 9.28. The Hall–Kier alpha value is -2.89. The molecular weight excluding hydrogens is 901 g/mol. The largest absolute Gasteiger partial charge is 0.462 e. The molecule has 424 valence electrons. The van der Waals surface area contributed by atoms with Gasteiger partial charge in [0.05, 0.1) is 0 Å². The van der Waals surface area contributed by atoms with E-state index in [1.54, 1.807) is 0 Å². The molecule has 1 unspecified atom stereocenters. The van der Waals surface area contributed by atoms with Gasteiger partial charge in [0, 0.05) is 19.3 Å². The van der Waals surface area contributed by atoms with Crippen LogP contribution in [0.5, 0.6) is 0 Å². The van der Waals surface area contributed by atoms with Gasteiger partial charge in [0.25, 0.3) is 0 Å². The van der Waals surface area contributed by atoms with E-state index in [4.69, 9.17) is 14.2 Å². The van der Waals surface area contributed by atoms with Gasteiger partial charge in [-0.15, -0.1) is 0 Å². The molecule has 0 aromatic heterocycles. The van der Waals surface area contributed by atoms with Crippen molar-refractivity contribution in [1.29, 1.82) is 0 Å². The minimum absolute atomic E-state index is 0.0948. The van der Waals surface area contributed by atoms with E-state index in [9.17, 15) is 14.4 Å². The Balaban J connectivity index is 4.30. The van der Waals surface area contributed by atoms with Gasteiger partial charge in [-0.3, -0.25) is 14.4 Å². The number of hydrogen-bond acceptors (Lipinski definition) is 6. The van der Waals surface area contributed by atoms with Crippen LogP contribution in [0.2, 0.25) is 0 Å². The van der Waals surface area contributed by atoms with Gasteiger partial charge in [-0.05, 0) is 70.6 Å². The molecule has 6 heteroatoms. The monoisotopic (exact) mass is 1020 g/mol. The first-order valence-corrected chi connectivity index (χ1v) is 31.8. The highest BCUT2D eigenvalue weighted by Gasteiger charge is 2.19. The summed E-state index contributed by atoms with van der Waals surface area (Å²) < 4.78 is 16.8. The van der Waals surface area contributed by atoms with Crippen LogP contribution in [0.1, 0.15) is 329 Å². The second-order valence-corrected chi connectivity index (χ2v) is 21.3. The molecule has 0 heterocycles. The van der Waals surface area contributed by atoms with Crippen LogP contribution in [0.25, 0.3) is 0 Å². The first-order valence-electron chi connectivity index (χ1n) is 31.8. The maximum absolute atomic E-state index is 12.9. The number of rotatable bonds is 58. The predicted molar refractivity (Wildman–Crippen MR) is 316 cm³/mol. The summed E-state index contributed by atoms with van der Waals surface area (Å²) in [6, 6.07) is 0. The SMILES string of the molecule is CC/C=C\C/C=C\C/C=C\C/C=C\CCC(=O)OCC(COC(=O)CCCCCCCCCCCCCCCCCCCCCCCCCC)OC(=O)CCCCCCCCC/C=C\CCCCCCCCC. The molecule has 0 bridgehead atoms. The highest BCUT2D eigenvalue weighted by atomic mass is 16.6. The molecule has 0 rings (SSSR count). The molecule has 0 aromatic carbocycles. The fraction of sp³-hybridized carbons (Fsp3) is 0.806. The smallest absolute Gasteiger partial charge is 0.306 e. The summed E-state index contributed by atoms with van der Waals surface area (Å²) in [7, 11) is 0. The van der Waals surface area contributed by atoms with E-state index >= 15 is 0 Å². The summed E-state index contributed by atoms with van der Waals surface area (Å²) in [5, 5.41) is 0. The number of carbonyl (C=O) groups is 3. The van der Waals surface area contributed by atoms with Crippen LogP contribution in [-0.2, 0) is 28.6 Å². The summed E-state index contributed by atoms with van der Waals surface area (Å²) in [6.07, 6.45) is 78.3. The molecule has 0 saturated heterocycles. The Bertz CT molecular complexity index is 1310. The summed E-state index contributed by atoms with van der Waals surface area (Å²) >= 11 is 0. The highest BCUT2D eigenvalue weighted by Crippen LogP contribution is 2.17. The van der Waals surface area contributed by atoms with Gasteiger partial charge < -0.3 is 14.2 Å². The van der Waals surface area contributed by atoms with E-state index in [0.717, 1.165) is 64.2 Å². The van der Waals surface area contributed by atoms with E-state index in [1.165, 1.54) is 218 Å². The molecule has 0 amide bonds. The number of esters is 3. The van der Waals surface area contributed by atoms with Crippen LogP contribution in [-0.4, -0.2) is 37.2 Å². The number of unbranched alkanes of at least 4 members (excludes halogenated alkanes) is 37. The van der Waals surface area contributed by atoms with Gasteiger partial charge in [0.15, 0.2) is 6.10 Å².